The minimum atomic E-state index is 0.379. The number of aromatic nitrogens is 3. The first kappa shape index (κ1) is 11.9. The van der Waals surface area contributed by atoms with Gasteiger partial charge in [-0.15, -0.1) is 0 Å². The molecule has 2 heterocycles. The van der Waals surface area contributed by atoms with Gasteiger partial charge in [0.15, 0.2) is 0 Å². The zero-order valence-corrected chi connectivity index (χ0v) is 10.2. The predicted molar refractivity (Wildman–Crippen MR) is 72.5 cm³/mol. The topological polar surface area (TPSA) is 116 Å². The molecule has 6 N–H and O–H groups in total. The quantitative estimate of drug-likeness (QED) is 0.516. The summed E-state index contributed by atoms with van der Waals surface area (Å²) in [6.07, 6.45) is 3.40. The van der Waals surface area contributed by atoms with E-state index >= 15 is 0 Å². The van der Waals surface area contributed by atoms with Crippen molar-refractivity contribution in [3.8, 4) is 0 Å². The van der Waals surface area contributed by atoms with Gasteiger partial charge in [-0.25, -0.2) is 0 Å². The molecule has 2 aromatic heterocycles. The second-order valence-electron chi connectivity index (χ2n) is 3.79. The highest BCUT2D eigenvalue weighted by Crippen LogP contribution is 2.18. The summed E-state index contributed by atoms with van der Waals surface area (Å²) >= 11 is 0. The summed E-state index contributed by atoms with van der Waals surface area (Å²) in [4.78, 5) is 11.4. The Labute approximate surface area is 104 Å². The molecule has 0 saturated carbocycles. The Hall–Kier alpha value is -2.57. The number of aromatic amines is 1. The number of nitrogens with one attached hydrogen (secondary N) is 4. The average Bonchev–Trinajstić information content (AvgIpc) is 2.76. The fourth-order valence-corrected chi connectivity index (χ4v) is 1.53. The minimum absolute atomic E-state index is 0.379. The standard InChI is InChI=1S/C11H15N7/c1-6(12)5-8(14-2)16-11-17-9(13)7-3-4-15-10(7)18-11/h3-5,12,14H,1-2H3,(H4,13,15,16,17,18)/b8-5+,12-6?. The summed E-state index contributed by atoms with van der Waals surface area (Å²) < 4.78 is 0. The molecule has 2 rings (SSSR count). The summed E-state index contributed by atoms with van der Waals surface area (Å²) in [6, 6.07) is 1.82. The molecule has 0 bridgehead atoms. The van der Waals surface area contributed by atoms with Gasteiger partial charge < -0.3 is 26.8 Å². The first-order valence-electron chi connectivity index (χ1n) is 5.42. The third-order valence-electron chi connectivity index (χ3n) is 2.32. The van der Waals surface area contributed by atoms with E-state index in [0.29, 0.717) is 28.9 Å². The lowest BCUT2D eigenvalue weighted by Crippen LogP contribution is -2.17. The van der Waals surface area contributed by atoms with Crippen LogP contribution in [0.4, 0.5) is 11.8 Å². The molecule has 0 aliphatic heterocycles. The van der Waals surface area contributed by atoms with Gasteiger partial charge in [-0.2, -0.15) is 9.97 Å². The van der Waals surface area contributed by atoms with Crippen LogP contribution in [0.3, 0.4) is 0 Å². The smallest absolute Gasteiger partial charge is 0.232 e. The maximum Gasteiger partial charge on any atom is 0.232 e. The average molecular weight is 245 g/mol. The lowest BCUT2D eigenvalue weighted by Gasteiger charge is -2.09. The molecule has 0 aliphatic carbocycles. The van der Waals surface area contributed by atoms with Crippen LogP contribution < -0.4 is 16.4 Å². The Kier molecular flexibility index (Phi) is 3.13. The van der Waals surface area contributed by atoms with Crippen molar-refractivity contribution in [1.29, 1.82) is 5.41 Å². The van der Waals surface area contributed by atoms with E-state index in [0.717, 1.165) is 5.39 Å². The van der Waals surface area contributed by atoms with Gasteiger partial charge in [0.25, 0.3) is 0 Å². The molecule has 0 unspecified atom stereocenters. The number of hydrogen-bond donors (Lipinski definition) is 5. The largest absolute Gasteiger partial charge is 0.383 e. The number of H-pyrrole nitrogens is 1. The molecule has 94 valence electrons. The number of allylic oxidation sites excluding steroid dienone is 1. The zero-order valence-electron chi connectivity index (χ0n) is 10.2. The van der Waals surface area contributed by atoms with E-state index in [4.69, 9.17) is 11.1 Å². The molecule has 0 amide bonds. The first-order chi connectivity index (χ1) is 8.60. The number of rotatable bonds is 4. The van der Waals surface area contributed by atoms with Crippen LogP contribution in [0.25, 0.3) is 11.0 Å². The zero-order chi connectivity index (χ0) is 13.1. The van der Waals surface area contributed by atoms with Crippen LogP contribution >= 0.6 is 0 Å². The lowest BCUT2D eigenvalue weighted by atomic mass is 10.4. The molecular weight excluding hydrogens is 230 g/mol. The first-order valence-corrected chi connectivity index (χ1v) is 5.42. The van der Waals surface area contributed by atoms with Crippen molar-refractivity contribution in [2.24, 2.45) is 0 Å². The predicted octanol–water partition coefficient (Wildman–Crippen LogP) is 1.05. The van der Waals surface area contributed by atoms with E-state index in [1.807, 2.05) is 6.07 Å². The van der Waals surface area contributed by atoms with Gasteiger partial charge >= 0.3 is 0 Å². The van der Waals surface area contributed by atoms with Crippen LogP contribution in [0.2, 0.25) is 0 Å². The summed E-state index contributed by atoms with van der Waals surface area (Å²) in [5, 5.41) is 14.1. The Morgan fingerprint density at radius 3 is 2.94 bits per heavy atom. The van der Waals surface area contributed by atoms with Crippen molar-refractivity contribution in [3.63, 3.8) is 0 Å². The van der Waals surface area contributed by atoms with Gasteiger partial charge in [0.1, 0.15) is 17.3 Å². The fraction of sp³-hybridized carbons (Fsp3) is 0.182. The van der Waals surface area contributed by atoms with Gasteiger partial charge in [0.05, 0.1) is 5.39 Å². The Bertz CT molecular complexity index is 611. The summed E-state index contributed by atoms with van der Waals surface area (Å²) in [6.45, 7) is 1.68. The molecule has 0 atom stereocenters. The molecule has 0 aromatic carbocycles. The number of anilines is 2. The Morgan fingerprint density at radius 2 is 2.28 bits per heavy atom. The number of nitrogens with two attached hydrogens (primary N) is 1. The van der Waals surface area contributed by atoms with Crippen molar-refractivity contribution in [1.82, 2.24) is 20.3 Å². The van der Waals surface area contributed by atoms with Crippen LogP contribution in [-0.4, -0.2) is 27.7 Å². The highest BCUT2D eigenvalue weighted by molar-refractivity contribution is 5.91. The van der Waals surface area contributed by atoms with Gasteiger partial charge in [0, 0.05) is 19.0 Å². The third-order valence-corrected chi connectivity index (χ3v) is 2.32. The summed E-state index contributed by atoms with van der Waals surface area (Å²) in [5.74, 6) is 1.42. The molecule has 0 radical (unpaired) electrons. The third kappa shape index (κ3) is 2.40. The second kappa shape index (κ2) is 4.74. The SMILES string of the molecule is CN/C(=C\C(C)=N)Nc1nc(N)c2cc[nH]c2n1. The Balaban J connectivity index is 2.33. The molecule has 0 saturated heterocycles. The normalized spacial score (nSPS) is 11.6. The molecule has 18 heavy (non-hydrogen) atoms. The van der Waals surface area contributed by atoms with E-state index in [-0.39, 0.29) is 0 Å². The van der Waals surface area contributed by atoms with Crippen molar-refractivity contribution >= 4 is 28.5 Å². The van der Waals surface area contributed by atoms with Gasteiger partial charge in [-0.3, -0.25) is 0 Å². The highest BCUT2D eigenvalue weighted by atomic mass is 15.2. The number of nitrogen functional groups attached to an aromatic ring is 1. The monoisotopic (exact) mass is 245 g/mol. The molecule has 0 spiro atoms. The van der Waals surface area contributed by atoms with Gasteiger partial charge in [0.2, 0.25) is 5.95 Å². The van der Waals surface area contributed by atoms with Crippen LogP contribution in [0.5, 0.6) is 0 Å². The molecule has 2 aromatic rings. The maximum atomic E-state index is 7.41. The van der Waals surface area contributed by atoms with Crippen molar-refractivity contribution in [2.45, 2.75) is 6.92 Å². The molecule has 0 fully saturated rings. The van der Waals surface area contributed by atoms with Gasteiger partial charge in [-0.05, 0) is 19.1 Å². The minimum Gasteiger partial charge on any atom is -0.383 e. The fourth-order valence-electron chi connectivity index (χ4n) is 1.53. The maximum absolute atomic E-state index is 7.41. The molecule has 7 nitrogen and oxygen atoms in total. The Morgan fingerprint density at radius 1 is 1.50 bits per heavy atom. The van der Waals surface area contributed by atoms with E-state index in [2.05, 4.69) is 25.6 Å². The van der Waals surface area contributed by atoms with Gasteiger partial charge in [-0.1, -0.05) is 0 Å². The summed E-state index contributed by atoms with van der Waals surface area (Å²) in [7, 11) is 1.75. The van der Waals surface area contributed by atoms with Crippen LogP contribution in [0.1, 0.15) is 6.92 Å². The van der Waals surface area contributed by atoms with Crippen LogP contribution in [0, 0.1) is 5.41 Å². The van der Waals surface area contributed by atoms with E-state index in [1.54, 1.807) is 26.2 Å². The van der Waals surface area contributed by atoms with Crippen LogP contribution in [0.15, 0.2) is 24.2 Å². The van der Waals surface area contributed by atoms with E-state index in [1.165, 1.54) is 0 Å². The van der Waals surface area contributed by atoms with Crippen LogP contribution in [-0.2, 0) is 0 Å². The molecular formula is C11H15N7. The van der Waals surface area contributed by atoms with E-state index in [9.17, 15) is 0 Å². The number of fused-ring (bicyclic) bond motifs is 1. The summed E-state index contributed by atoms with van der Waals surface area (Å²) in [5.41, 5.74) is 6.92. The van der Waals surface area contributed by atoms with E-state index < -0.39 is 0 Å². The van der Waals surface area contributed by atoms with Crippen molar-refractivity contribution in [3.05, 3.63) is 24.2 Å². The molecule has 7 heteroatoms. The number of nitrogens with zero attached hydrogens (tertiary/aromatic N) is 2. The highest BCUT2D eigenvalue weighted by Gasteiger charge is 2.06. The lowest BCUT2D eigenvalue weighted by molar-refractivity contribution is 0.981. The molecule has 0 aliphatic rings. The second-order valence-corrected chi connectivity index (χ2v) is 3.79. The number of hydrogen-bond acceptors (Lipinski definition) is 6. The van der Waals surface area contributed by atoms with Crippen molar-refractivity contribution < 1.29 is 0 Å². The van der Waals surface area contributed by atoms with Crippen molar-refractivity contribution in [2.75, 3.05) is 18.1 Å².